The third kappa shape index (κ3) is 4.77. The predicted molar refractivity (Wildman–Crippen MR) is 82.2 cm³/mol. The highest BCUT2D eigenvalue weighted by molar-refractivity contribution is 5.92. The molecule has 120 valence electrons. The fourth-order valence-electron chi connectivity index (χ4n) is 2.00. The molecule has 0 bridgehead atoms. The predicted octanol–water partition coefficient (Wildman–Crippen LogP) is 1.16. The quantitative estimate of drug-likeness (QED) is 0.795. The van der Waals surface area contributed by atoms with Gasteiger partial charge in [-0.1, -0.05) is 30.3 Å². The van der Waals surface area contributed by atoms with E-state index in [1.165, 1.54) is 19.2 Å². The number of carbonyl (C=O) groups is 2. The second-order valence-corrected chi connectivity index (χ2v) is 4.90. The van der Waals surface area contributed by atoms with Gasteiger partial charge in [-0.3, -0.25) is 9.59 Å². The highest BCUT2D eigenvalue weighted by Gasteiger charge is 2.19. The zero-order chi connectivity index (χ0) is 16.7. The van der Waals surface area contributed by atoms with Crippen molar-refractivity contribution in [1.29, 1.82) is 0 Å². The van der Waals surface area contributed by atoms with Gasteiger partial charge in [0.2, 0.25) is 5.88 Å². The van der Waals surface area contributed by atoms with E-state index in [4.69, 9.17) is 4.74 Å². The van der Waals surface area contributed by atoms with Crippen LogP contribution < -0.4 is 10.1 Å². The molecule has 2 N–H and O–H groups in total. The summed E-state index contributed by atoms with van der Waals surface area (Å²) in [6.07, 6.45) is 0.338. The molecule has 1 unspecified atom stereocenters. The van der Waals surface area contributed by atoms with Gasteiger partial charge in [-0.15, -0.1) is 10.2 Å². The van der Waals surface area contributed by atoms with Crippen molar-refractivity contribution < 1.29 is 19.4 Å². The third-order valence-corrected chi connectivity index (χ3v) is 3.27. The second-order valence-electron chi connectivity index (χ2n) is 4.90. The Bertz CT molecular complexity index is 659. The van der Waals surface area contributed by atoms with Crippen molar-refractivity contribution in [3.05, 3.63) is 53.7 Å². The van der Waals surface area contributed by atoms with Gasteiger partial charge in [0, 0.05) is 12.6 Å². The van der Waals surface area contributed by atoms with E-state index >= 15 is 0 Å². The molecule has 0 fully saturated rings. The summed E-state index contributed by atoms with van der Waals surface area (Å²) in [7, 11) is 1.45. The minimum absolute atomic E-state index is 0.0107. The van der Waals surface area contributed by atoms with Gasteiger partial charge in [-0.05, 0) is 18.1 Å². The van der Waals surface area contributed by atoms with Crippen LogP contribution in [0, 0.1) is 5.92 Å². The first-order valence-corrected chi connectivity index (χ1v) is 7.03. The molecule has 0 saturated carbocycles. The number of carboxylic acid groups (broad SMARTS) is 1. The number of aromatic nitrogens is 2. The molecule has 1 heterocycles. The maximum absolute atomic E-state index is 12.0. The number of rotatable bonds is 7. The van der Waals surface area contributed by atoms with Gasteiger partial charge < -0.3 is 15.2 Å². The highest BCUT2D eigenvalue weighted by Crippen LogP contribution is 2.09. The molecule has 23 heavy (non-hydrogen) atoms. The van der Waals surface area contributed by atoms with Crippen molar-refractivity contribution in [1.82, 2.24) is 15.5 Å². The number of carboxylic acids is 1. The minimum Gasteiger partial charge on any atom is -0.481 e. The molecule has 1 aromatic carbocycles. The number of aliphatic carboxylic acids is 1. The monoisotopic (exact) mass is 315 g/mol. The average Bonchev–Trinajstić information content (AvgIpc) is 2.59. The van der Waals surface area contributed by atoms with E-state index in [9.17, 15) is 14.7 Å². The molecule has 1 amide bonds. The number of hydrogen-bond acceptors (Lipinski definition) is 5. The van der Waals surface area contributed by atoms with E-state index in [1.807, 2.05) is 30.3 Å². The first-order valence-electron chi connectivity index (χ1n) is 7.03. The maximum Gasteiger partial charge on any atom is 0.308 e. The summed E-state index contributed by atoms with van der Waals surface area (Å²) in [5, 5.41) is 19.3. The van der Waals surface area contributed by atoms with Crippen LogP contribution in [0.25, 0.3) is 0 Å². The van der Waals surface area contributed by atoms with Crippen LogP contribution in [-0.4, -0.2) is 40.8 Å². The van der Waals surface area contributed by atoms with Gasteiger partial charge in [0.25, 0.3) is 5.91 Å². The fraction of sp³-hybridized carbons (Fsp3) is 0.250. The number of methoxy groups -OCH3 is 1. The molecule has 7 heteroatoms. The minimum atomic E-state index is -0.963. The van der Waals surface area contributed by atoms with Crippen LogP contribution in [-0.2, 0) is 11.2 Å². The zero-order valence-corrected chi connectivity index (χ0v) is 12.6. The Labute approximate surface area is 133 Å². The van der Waals surface area contributed by atoms with Crippen LogP contribution in [0.15, 0.2) is 42.5 Å². The molecule has 1 aromatic heterocycles. The first kappa shape index (κ1) is 16.4. The van der Waals surface area contributed by atoms with Crippen LogP contribution in [0.3, 0.4) is 0 Å². The van der Waals surface area contributed by atoms with E-state index in [0.717, 1.165) is 5.56 Å². The summed E-state index contributed by atoms with van der Waals surface area (Å²) in [4.78, 5) is 23.3. The van der Waals surface area contributed by atoms with Crippen molar-refractivity contribution in [2.75, 3.05) is 13.7 Å². The topological polar surface area (TPSA) is 101 Å². The van der Waals surface area contributed by atoms with Crippen molar-refractivity contribution in [3.8, 4) is 5.88 Å². The number of nitrogens with one attached hydrogen (secondary N) is 1. The summed E-state index contributed by atoms with van der Waals surface area (Å²) in [5.74, 6) is -1.85. The maximum atomic E-state index is 12.0. The zero-order valence-electron chi connectivity index (χ0n) is 12.6. The van der Waals surface area contributed by atoms with Crippen molar-refractivity contribution >= 4 is 11.9 Å². The molecule has 0 radical (unpaired) electrons. The van der Waals surface area contributed by atoms with E-state index in [1.54, 1.807) is 0 Å². The van der Waals surface area contributed by atoms with Crippen LogP contribution in [0.5, 0.6) is 5.88 Å². The highest BCUT2D eigenvalue weighted by atomic mass is 16.5. The molecule has 2 rings (SSSR count). The van der Waals surface area contributed by atoms with Crippen LogP contribution in [0.4, 0.5) is 0 Å². The molecule has 0 aliphatic carbocycles. The molecule has 0 saturated heterocycles. The van der Waals surface area contributed by atoms with E-state index < -0.39 is 17.8 Å². The Kier molecular flexibility index (Phi) is 5.62. The molecular weight excluding hydrogens is 298 g/mol. The lowest BCUT2D eigenvalue weighted by Crippen LogP contribution is -2.34. The summed E-state index contributed by atoms with van der Waals surface area (Å²) in [5.41, 5.74) is 1.01. The normalized spacial score (nSPS) is 11.5. The number of amides is 1. The third-order valence-electron chi connectivity index (χ3n) is 3.27. The summed E-state index contributed by atoms with van der Waals surface area (Å²) >= 11 is 0. The van der Waals surface area contributed by atoms with Gasteiger partial charge in [0.15, 0.2) is 5.69 Å². The second kappa shape index (κ2) is 7.88. The van der Waals surface area contributed by atoms with Crippen LogP contribution in [0.2, 0.25) is 0 Å². The Morgan fingerprint density at radius 2 is 1.91 bits per heavy atom. The number of nitrogens with zero attached hydrogens (tertiary/aromatic N) is 2. The first-order chi connectivity index (χ1) is 11.1. The summed E-state index contributed by atoms with van der Waals surface area (Å²) < 4.78 is 4.86. The Hall–Kier alpha value is -2.96. The van der Waals surface area contributed by atoms with Gasteiger partial charge in [-0.2, -0.15) is 0 Å². The van der Waals surface area contributed by atoms with Crippen molar-refractivity contribution in [2.24, 2.45) is 5.92 Å². The molecule has 2 aromatic rings. The van der Waals surface area contributed by atoms with Crippen molar-refractivity contribution in [2.45, 2.75) is 6.42 Å². The Balaban J connectivity index is 1.95. The molecule has 0 aliphatic heterocycles. The number of hydrogen-bond donors (Lipinski definition) is 2. The van der Waals surface area contributed by atoms with Crippen molar-refractivity contribution in [3.63, 3.8) is 0 Å². The van der Waals surface area contributed by atoms with Gasteiger partial charge >= 0.3 is 5.97 Å². The lowest BCUT2D eigenvalue weighted by atomic mass is 9.99. The van der Waals surface area contributed by atoms with Gasteiger partial charge in [-0.25, -0.2) is 0 Å². The Morgan fingerprint density at radius 3 is 2.48 bits per heavy atom. The average molecular weight is 315 g/mol. The summed E-state index contributed by atoms with van der Waals surface area (Å²) in [6, 6.07) is 12.2. The fourth-order valence-corrected chi connectivity index (χ4v) is 2.00. The SMILES string of the molecule is COc1ccc(C(=O)NCC(Cc2ccccc2)C(=O)O)nn1. The van der Waals surface area contributed by atoms with E-state index in [2.05, 4.69) is 15.5 Å². The molecule has 0 aliphatic rings. The lowest BCUT2D eigenvalue weighted by Gasteiger charge is -2.13. The molecule has 7 nitrogen and oxygen atoms in total. The Morgan fingerprint density at radius 1 is 1.17 bits per heavy atom. The molecular formula is C16H17N3O4. The standard InChI is InChI=1S/C16H17N3O4/c1-23-14-8-7-13(18-19-14)15(20)17-10-12(16(21)22)9-11-5-3-2-4-6-11/h2-8,12H,9-10H2,1H3,(H,17,20)(H,21,22). The van der Waals surface area contributed by atoms with E-state index in [-0.39, 0.29) is 12.2 Å². The number of carbonyl (C=O) groups excluding carboxylic acids is 1. The molecule has 0 spiro atoms. The smallest absolute Gasteiger partial charge is 0.308 e. The van der Waals surface area contributed by atoms with Gasteiger partial charge in [0.05, 0.1) is 13.0 Å². The number of ether oxygens (including phenoxy) is 1. The van der Waals surface area contributed by atoms with Crippen LogP contribution >= 0.6 is 0 Å². The molecule has 1 atom stereocenters. The van der Waals surface area contributed by atoms with E-state index in [0.29, 0.717) is 12.3 Å². The largest absolute Gasteiger partial charge is 0.481 e. The summed E-state index contributed by atoms with van der Waals surface area (Å²) in [6.45, 7) is 0.0107. The lowest BCUT2D eigenvalue weighted by molar-refractivity contribution is -0.141. The van der Waals surface area contributed by atoms with Gasteiger partial charge in [0.1, 0.15) is 0 Å². The number of benzene rings is 1. The van der Waals surface area contributed by atoms with Crippen LogP contribution in [0.1, 0.15) is 16.1 Å².